The molecule has 1 saturated carbocycles. The van der Waals surface area contributed by atoms with Crippen molar-refractivity contribution in [3.8, 4) is 0 Å². The second kappa shape index (κ2) is 5.64. The zero-order chi connectivity index (χ0) is 14.2. The van der Waals surface area contributed by atoms with Crippen molar-refractivity contribution in [1.82, 2.24) is 10.6 Å². The Labute approximate surface area is 122 Å². The van der Waals surface area contributed by atoms with Crippen molar-refractivity contribution in [3.63, 3.8) is 0 Å². The number of carbonyl (C=O) groups is 1. The van der Waals surface area contributed by atoms with Crippen LogP contribution in [0, 0.1) is 17.3 Å². The second-order valence-corrected chi connectivity index (χ2v) is 7.31. The third kappa shape index (κ3) is 2.86. The van der Waals surface area contributed by atoms with Crippen LogP contribution in [0.1, 0.15) is 46.0 Å². The Balaban J connectivity index is 1.59. The van der Waals surface area contributed by atoms with Gasteiger partial charge in [0.15, 0.2) is 0 Å². The maximum absolute atomic E-state index is 12.7. The van der Waals surface area contributed by atoms with E-state index in [1.165, 1.54) is 19.3 Å². The minimum atomic E-state index is -0.288. The lowest BCUT2D eigenvalue weighted by molar-refractivity contribution is -0.133. The van der Waals surface area contributed by atoms with Crippen LogP contribution in [0.25, 0.3) is 0 Å². The van der Waals surface area contributed by atoms with Gasteiger partial charge in [-0.25, -0.2) is 0 Å². The van der Waals surface area contributed by atoms with E-state index in [1.54, 1.807) is 0 Å². The summed E-state index contributed by atoms with van der Waals surface area (Å²) in [5, 5.41) is 6.72. The lowest BCUT2D eigenvalue weighted by Gasteiger charge is -2.37. The number of ether oxygens (including phenoxy) is 1. The van der Waals surface area contributed by atoms with Crippen molar-refractivity contribution in [3.05, 3.63) is 0 Å². The zero-order valence-electron chi connectivity index (χ0n) is 12.8. The number of nitrogens with one attached hydrogen (secondary N) is 2. The summed E-state index contributed by atoms with van der Waals surface area (Å²) in [7, 11) is 0. The monoisotopic (exact) mass is 280 g/mol. The van der Waals surface area contributed by atoms with Gasteiger partial charge in [-0.05, 0) is 57.0 Å². The lowest BCUT2D eigenvalue weighted by Crippen LogP contribution is -2.51. The maximum Gasteiger partial charge on any atom is 0.226 e. The molecular weight excluding hydrogens is 252 g/mol. The van der Waals surface area contributed by atoms with E-state index < -0.39 is 0 Å². The van der Waals surface area contributed by atoms with Gasteiger partial charge in [-0.1, -0.05) is 13.8 Å². The number of hydrogen-bond acceptors (Lipinski definition) is 3. The van der Waals surface area contributed by atoms with E-state index in [4.69, 9.17) is 4.74 Å². The summed E-state index contributed by atoms with van der Waals surface area (Å²) >= 11 is 0. The third-order valence-corrected chi connectivity index (χ3v) is 5.44. The van der Waals surface area contributed by atoms with Crippen LogP contribution in [-0.4, -0.2) is 37.7 Å². The van der Waals surface area contributed by atoms with E-state index in [0.29, 0.717) is 11.8 Å². The Bertz CT molecular complexity index is 359. The van der Waals surface area contributed by atoms with Crippen molar-refractivity contribution in [1.29, 1.82) is 0 Å². The first kappa shape index (κ1) is 14.3. The molecule has 3 atom stereocenters. The molecule has 1 amide bonds. The molecule has 20 heavy (non-hydrogen) atoms. The molecule has 0 aromatic rings. The Morgan fingerprint density at radius 2 is 2.05 bits per heavy atom. The van der Waals surface area contributed by atoms with Crippen LogP contribution in [0.3, 0.4) is 0 Å². The normalized spacial score (nSPS) is 35.0. The van der Waals surface area contributed by atoms with Crippen LogP contribution < -0.4 is 10.6 Å². The van der Waals surface area contributed by atoms with Crippen molar-refractivity contribution < 1.29 is 9.53 Å². The Morgan fingerprint density at radius 1 is 1.25 bits per heavy atom. The molecule has 2 saturated heterocycles. The first-order valence-electron chi connectivity index (χ1n) is 8.22. The molecule has 0 spiro atoms. The van der Waals surface area contributed by atoms with Gasteiger partial charge in [0.05, 0.1) is 12.1 Å². The molecule has 0 aromatic carbocycles. The van der Waals surface area contributed by atoms with Gasteiger partial charge >= 0.3 is 0 Å². The van der Waals surface area contributed by atoms with Crippen LogP contribution in [0.2, 0.25) is 0 Å². The second-order valence-electron chi connectivity index (χ2n) is 7.31. The summed E-state index contributed by atoms with van der Waals surface area (Å²) in [5.74, 6) is 1.35. The number of carbonyl (C=O) groups excluding carboxylic acids is 1. The lowest BCUT2D eigenvalue weighted by atomic mass is 9.74. The molecule has 0 aromatic heterocycles. The Hall–Kier alpha value is -0.610. The van der Waals surface area contributed by atoms with Gasteiger partial charge in [0, 0.05) is 12.0 Å². The summed E-state index contributed by atoms with van der Waals surface area (Å²) in [4.78, 5) is 12.7. The highest BCUT2D eigenvalue weighted by molar-refractivity contribution is 5.82. The number of amides is 1. The molecule has 0 radical (unpaired) electrons. The molecule has 3 unspecified atom stereocenters. The van der Waals surface area contributed by atoms with Crippen molar-refractivity contribution in [2.24, 2.45) is 17.3 Å². The Morgan fingerprint density at radius 3 is 2.70 bits per heavy atom. The molecule has 2 aliphatic heterocycles. The first-order valence-corrected chi connectivity index (χ1v) is 8.22. The smallest absolute Gasteiger partial charge is 0.226 e. The van der Waals surface area contributed by atoms with Gasteiger partial charge < -0.3 is 15.4 Å². The fourth-order valence-electron chi connectivity index (χ4n) is 3.66. The van der Waals surface area contributed by atoms with Gasteiger partial charge in [0.1, 0.15) is 0 Å². The molecule has 0 bridgehead atoms. The minimum Gasteiger partial charge on any atom is -0.376 e. The predicted molar refractivity (Wildman–Crippen MR) is 78.4 cm³/mol. The number of hydrogen-bond donors (Lipinski definition) is 2. The molecule has 3 aliphatic rings. The fourth-order valence-corrected chi connectivity index (χ4v) is 3.66. The quantitative estimate of drug-likeness (QED) is 0.824. The molecule has 3 fully saturated rings. The van der Waals surface area contributed by atoms with E-state index in [-0.39, 0.29) is 23.5 Å². The molecule has 2 N–H and O–H groups in total. The van der Waals surface area contributed by atoms with Crippen LogP contribution >= 0.6 is 0 Å². The van der Waals surface area contributed by atoms with Gasteiger partial charge in [-0.2, -0.15) is 0 Å². The number of piperidine rings is 1. The SMILES string of the molecule is CC(C)(C(=O)NC1CCOC1C1CC1)C1CCCNC1. The summed E-state index contributed by atoms with van der Waals surface area (Å²) in [6.45, 7) is 7.06. The van der Waals surface area contributed by atoms with Gasteiger partial charge in [0.2, 0.25) is 5.91 Å². The van der Waals surface area contributed by atoms with Gasteiger partial charge in [0.25, 0.3) is 0 Å². The van der Waals surface area contributed by atoms with Crippen LogP contribution in [0.4, 0.5) is 0 Å². The van der Waals surface area contributed by atoms with Crippen LogP contribution in [-0.2, 0) is 9.53 Å². The Kier molecular flexibility index (Phi) is 4.04. The van der Waals surface area contributed by atoms with E-state index in [0.717, 1.165) is 32.5 Å². The molecular formula is C16H28N2O2. The number of rotatable bonds is 4. The largest absolute Gasteiger partial charge is 0.376 e. The van der Waals surface area contributed by atoms with E-state index in [9.17, 15) is 4.79 Å². The average molecular weight is 280 g/mol. The zero-order valence-corrected chi connectivity index (χ0v) is 12.8. The van der Waals surface area contributed by atoms with E-state index >= 15 is 0 Å². The molecule has 4 heteroatoms. The van der Waals surface area contributed by atoms with E-state index in [1.807, 2.05) is 0 Å². The maximum atomic E-state index is 12.7. The topological polar surface area (TPSA) is 50.4 Å². The highest BCUT2D eigenvalue weighted by atomic mass is 16.5. The third-order valence-electron chi connectivity index (χ3n) is 5.44. The average Bonchev–Trinajstić information content (AvgIpc) is 3.20. The molecule has 1 aliphatic carbocycles. The minimum absolute atomic E-state index is 0.215. The molecule has 114 valence electrons. The highest BCUT2D eigenvalue weighted by Gasteiger charge is 2.44. The summed E-state index contributed by atoms with van der Waals surface area (Å²) in [5.41, 5.74) is -0.288. The summed E-state index contributed by atoms with van der Waals surface area (Å²) in [6.07, 6.45) is 6.13. The molecule has 2 heterocycles. The summed E-state index contributed by atoms with van der Waals surface area (Å²) < 4.78 is 5.82. The standard InChI is InChI=1S/C16H28N2O2/c1-16(2,12-4-3-8-17-10-12)15(19)18-13-7-9-20-14(13)11-5-6-11/h11-14,17H,3-10H2,1-2H3,(H,18,19). The fraction of sp³-hybridized carbons (Fsp3) is 0.938. The van der Waals surface area contributed by atoms with Crippen LogP contribution in [0.15, 0.2) is 0 Å². The molecule has 3 rings (SSSR count). The molecule has 4 nitrogen and oxygen atoms in total. The van der Waals surface area contributed by atoms with Gasteiger partial charge in [-0.15, -0.1) is 0 Å². The summed E-state index contributed by atoms with van der Waals surface area (Å²) in [6, 6.07) is 0.242. The van der Waals surface area contributed by atoms with Crippen molar-refractivity contribution in [2.45, 2.75) is 58.1 Å². The van der Waals surface area contributed by atoms with Crippen molar-refractivity contribution >= 4 is 5.91 Å². The predicted octanol–water partition coefficient (Wildman–Crippen LogP) is 1.70. The highest BCUT2D eigenvalue weighted by Crippen LogP contribution is 2.39. The van der Waals surface area contributed by atoms with E-state index in [2.05, 4.69) is 24.5 Å². The van der Waals surface area contributed by atoms with Gasteiger partial charge in [-0.3, -0.25) is 4.79 Å². The van der Waals surface area contributed by atoms with Crippen LogP contribution in [0.5, 0.6) is 0 Å². The van der Waals surface area contributed by atoms with Crippen molar-refractivity contribution in [2.75, 3.05) is 19.7 Å². The first-order chi connectivity index (χ1) is 9.59.